The first kappa shape index (κ1) is 13.3. The molecule has 2 heterocycles. The second-order valence-corrected chi connectivity index (χ2v) is 6.62. The Morgan fingerprint density at radius 2 is 1.90 bits per heavy atom. The minimum atomic E-state index is -3.87. The SMILES string of the molecule is O=C1CC=C2CN(S(=O)(=O)c3ccccc3F)CCN12. The summed E-state index contributed by atoms with van der Waals surface area (Å²) < 4.78 is 39.8. The highest BCUT2D eigenvalue weighted by Crippen LogP contribution is 2.26. The molecule has 0 radical (unpaired) electrons. The van der Waals surface area contributed by atoms with Crippen molar-refractivity contribution < 1.29 is 17.6 Å². The third-order valence-electron chi connectivity index (χ3n) is 3.53. The first-order valence-electron chi connectivity index (χ1n) is 6.24. The van der Waals surface area contributed by atoms with E-state index in [9.17, 15) is 17.6 Å². The van der Waals surface area contributed by atoms with Crippen LogP contribution in [0.3, 0.4) is 0 Å². The molecule has 1 fully saturated rings. The van der Waals surface area contributed by atoms with Gasteiger partial charge in [0.25, 0.3) is 0 Å². The quantitative estimate of drug-likeness (QED) is 0.816. The fraction of sp³-hybridized carbons (Fsp3) is 0.308. The maximum Gasteiger partial charge on any atom is 0.246 e. The van der Waals surface area contributed by atoms with Gasteiger partial charge in [0.15, 0.2) is 0 Å². The molecule has 0 saturated carbocycles. The van der Waals surface area contributed by atoms with Gasteiger partial charge in [0, 0.05) is 25.2 Å². The van der Waals surface area contributed by atoms with Crippen LogP contribution in [0, 0.1) is 5.82 Å². The number of carbonyl (C=O) groups excluding carboxylic acids is 1. The normalized spacial score (nSPS) is 19.9. The number of nitrogens with zero attached hydrogens (tertiary/aromatic N) is 2. The lowest BCUT2D eigenvalue weighted by Crippen LogP contribution is -2.47. The smallest absolute Gasteiger partial charge is 0.246 e. The summed E-state index contributed by atoms with van der Waals surface area (Å²) in [5.74, 6) is -0.769. The van der Waals surface area contributed by atoms with Crippen LogP contribution in [0.2, 0.25) is 0 Å². The Kier molecular flexibility index (Phi) is 3.10. The highest BCUT2D eigenvalue weighted by Gasteiger charge is 2.36. The van der Waals surface area contributed by atoms with Gasteiger partial charge in [-0.25, -0.2) is 12.8 Å². The summed E-state index contributed by atoms with van der Waals surface area (Å²) >= 11 is 0. The van der Waals surface area contributed by atoms with E-state index in [1.807, 2.05) is 0 Å². The van der Waals surface area contributed by atoms with Crippen molar-refractivity contribution in [3.63, 3.8) is 0 Å². The molecule has 0 atom stereocenters. The standard InChI is InChI=1S/C13H13FN2O3S/c14-11-3-1-2-4-12(11)20(18,19)15-7-8-16-10(9-15)5-6-13(16)17/h1-5H,6-9H2. The first-order chi connectivity index (χ1) is 9.50. The second-order valence-electron chi connectivity index (χ2n) is 4.71. The lowest BCUT2D eigenvalue weighted by Gasteiger charge is -2.33. The topological polar surface area (TPSA) is 57.7 Å². The van der Waals surface area contributed by atoms with Crippen LogP contribution in [-0.4, -0.2) is 43.2 Å². The Morgan fingerprint density at radius 3 is 2.65 bits per heavy atom. The summed E-state index contributed by atoms with van der Waals surface area (Å²) in [6, 6.07) is 5.32. The molecule has 1 aromatic carbocycles. The third-order valence-corrected chi connectivity index (χ3v) is 5.40. The van der Waals surface area contributed by atoms with E-state index in [1.54, 1.807) is 11.0 Å². The van der Waals surface area contributed by atoms with E-state index in [2.05, 4.69) is 0 Å². The molecular formula is C13H13FN2O3S. The zero-order chi connectivity index (χ0) is 14.3. The number of hydrogen-bond acceptors (Lipinski definition) is 3. The molecule has 0 aliphatic carbocycles. The molecule has 20 heavy (non-hydrogen) atoms. The van der Waals surface area contributed by atoms with Crippen molar-refractivity contribution in [3.8, 4) is 0 Å². The molecule has 5 nitrogen and oxygen atoms in total. The van der Waals surface area contributed by atoms with Crippen LogP contribution in [0.15, 0.2) is 40.9 Å². The molecule has 0 aromatic heterocycles. The van der Waals surface area contributed by atoms with Crippen molar-refractivity contribution in [3.05, 3.63) is 41.9 Å². The van der Waals surface area contributed by atoms with E-state index in [-0.39, 0.29) is 23.9 Å². The Labute approximate surface area is 116 Å². The molecule has 2 aliphatic rings. The number of sulfonamides is 1. The average molecular weight is 296 g/mol. The summed E-state index contributed by atoms with van der Waals surface area (Å²) in [6.45, 7) is 0.612. The van der Waals surface area contributed by atoms with Crippen LogP contribution < -0.4 is 0 Å². The molecule has 106 valence electrons. The molecule has 0 bridgehead atoms. The number of piperazine rings is 1. The molecule has 2 aliphatic heterocycles. The average Bonchev–Trinajstić information content (AvgIpc) is 2.80. The summed E-state index contributed by atoms with van der Waals surface area (Å²) in [4.78, 5) is 12.8. The molecule has 1 saturated heterocycles. The van der Waals surface area contributed by atoms with Gasteiger partial charge < -0.3 is 4.90 Å². The van der Waals surface area contributed by atoms with E-state index in [0.717, 1.165) is 6.07 Å². The number of benzene rings is 1. The summed E-state index contributed by atoms with van der Waals surface area (Å²) in [7, 11) is -3.87. The van der Waals surface area contributed by atoms with E-state index in [1.165, 1.54) is 22.5 Å². The van der Waals surface area contributed by atoms with Crippen LogP contribution >= 0.6 is 0 Å². The number of hydrogen-bond donors (Lipinski definition) is 0. The van der Waals surface area contributed by atoms with Gasteiger partial charge in [0.05, 0.1) is 6.54 Å². The predicted molar refractivity (Wildman–Crippen MR) is 69.6 cm³/mol. The van der Waals surface area contributed by atoms with Gasteiger partial charge in [-0.1, -0.05) is 18.2 Å². The second kappa shape index (κ2) is 4.68. The van der Waals surface area contributed by atoms with Crippen LogP contribution in [0.1, 0.15) is 6.42 Å². The van der Waals surface area contributed by atoms with Crippen LogP contribution in [0.25, 0.3) is 0 Å². The van der Waals surface area contributed by atoms with Gasteiger partial charge in [-0.05, 0) is 12.1 Å². The van der Waals surface area contributed by atoms with Crippen molar-refractivity contribution in [2.24, 2.45) is 0 Å². The molecule has 3 rings (SSSR count). The molecule has 0 N–H and O–H groups in total. The largest absolute Gasteiger partial charge is 0.314 e. The Morgan fingerprint density at radius 1 is 1.15 bits per heavy atom. The van der Waals surface area contributed by atoms with E-state index < -0.39 is 15.8 Å². The first-order valence-corrected chi connectivity index (χ1v) is 7.68. The monoisotopic (exact) mass is 296 g/mol. The summed E-state index contributed by atoms with van der Waals surface area (Å²) in [5.41, 5.74) is 0.682. The number of fused-ring (bicyclic) bond motifs is 1. The van der Waals surface area contributed by atoms with E-state index in [4.69, 9.17) is 0 Å². The maximum atomic E-state index is 13.7. The lowest BCUT2D eigenvalue weighted by atomic mass is 10.3. The van der Waals surface area contributed by atoms with Gasteiger partial charge >= 0.3 is 0 Å². The fourth-order valence-electron chi connectivity index (χ4n) is 2.47. The molecular weight excluding hydrogens is 283 g/mol. The number of carbonyl (C=O) groups is 1. The number of halogens is 1. The maximum absolute atomic E-state index is 13.7. The molecule has 7 heteroatoms. The van der Waals surface area contributed by atoms with Crippen LogP contribution in [0.5, 0.6) is 0 Å². The van der Waals surface area contributed by atoms with Gasteiger partial charge in [-0.2, -0.15) is 4.31 Å². The molecule has 1 aromatic rings. The molecule has 0 unspecified atom stereocenters. The Bertz CT molecular complexity index is 699. The zero-order valence-electron chi connectivity index (χ0n) is 10.6. The molecule has 0 spiro atoms. The summed E-state index contributed by atoms with van der Waals surface area (Å²) in [6.07, 6.45) is 2.04. The minimum absolute atomic E-state index is 0.0112. The van der Waals surface area contributed by atoms with Crippen molar-refractivity contribution in [1.29, 1.82) is 0 Å². The van der Waals surface area contributed by atoms with Gasteiger partial charge in [0.1, 0.15) is 10.7 Å². The lowest BCUT2D eigenvalue weighted by molar-refractivity contribution is -0.127. The molecule has 1 amide bonds. The third kappa shape index (κ3) is 2.03. The minimum Gasteiger partial charge on any atom is -0.314 e. The zero-order valence-corrected chi connectivity index (χ0v) is 11.4. The summed E-state index contributed by atoms with van der Waals surface area (Å²) in [5, 5.41) is 0. The van der Waals surface area contributed by atoms with Crippen molar-refractivity contribution in [1.82, 2.24) is 9.21 Å². The van der Waals surface area contributed by atoms with E-state index >= 15 is 0 Å². The Balaban J connectivity index is 1.91. The van der Waals surface area contributed by atoms with Crippen LogP contribution in [0.4, 0.5) is 4.39 Å². The van der Waals surface area contributed by atoms with Gasteiger partial charge in [-0.15, -0.1) is 0 Å². The van der Waals surface area contributed by atoms with E-state index in [0.29, 0.717) is 18.7 Å². The van der Waals surface area contributed by atoms with Gasteiger partial charge in [-0.3, -0.25) is 4.79 Å². The fourth-order valence-corrected chi connectivity index (χ4v) is 3.94. The van der Waals surface area contributed by atoms with Crippen molar-refractivity contribution in [2.45, 2.75) is 11.3 Å². The highest BCUT2D eigenvalue weighted by molar-refractivity contribution is 7.89. The van der Waals surface area contributed by atoms with Crippen molar-refractivity contribution in [2.75, 3.05) is 19.6 Å². The van der Waals surface area contributed by atoms with Crippen molar-refractivity contribution >= 4 is 15.9 Å². The predicted octanol–water partition coefficient (Wildman–Crippen LogP) is 0.946. The highest BCUT2D eigenvalue weighted by atomic mass is 32.2. The van der Waals surface area contributed by atoms with Crippen LogP contribution in [-0.2, 0) is 14.8 Å². The number of rotatable bonds is 2. The Hall–Kier alpha value is -1.73. The number of amides is 1. The van der Waals surface area contributed by atoms with Gasteiger partial charge in [0.2, 0.25) is 15.9 Å².